The number of nitrogens with zero attached hydrogens (tertiary/aromatic N) is 1. The molecule has 3 aromatic rings. The second kappa shape index (κ2) is 11.4. The zero-order valence-corrected chi connectivity index (χ0v) is 19.5. The Hall–Kier alpha value is -3.24. The van der Waals surface area contributed by atoms with Gasteiger partial charge in [-0.1, -0.05) is 23.7 Å². The zero-order chi connectivity index (χ0) is 22.9. The maximum Gasteiger partial charge on any atom is 0.344 e. The number of carbonyl (C=O) groups excluding carboxylic acids is 3. The SMILES string of the molecule is O=C(CNC(=O)c1ccc(Cl)cc1)NN=Cc1ccc(OC(=O)c2ccccc2I)cc1. The first kappa shape index (κ1) is 23.4. The molecule has 0 aliphatic heterocycles. The molecule has 0 fully saturated rings. The van der Waals surface area contributed by atoms with E-state index in [-0.39, 0.29) is 6.54 Å². The molecule has 3 rings (SSSR count). The highest BCUT2D eigenvalue weighted by Crippen LogP contribution is 2.17. The van der Waals surface area contributed by atoms with Gasteiger partial charge in [0.05, 0.1) is 18.3 Å². The quantitative estimate of drug-likeness (QED) is 0.150. The fourth-order valence-electron chi connectivity index (χ4n) is 2.49. The van der Waals surface area contributed by atoms with Gasteiger partial charge in [0.25, 0.3) is 11.8 Å². The number of hydrogen-bond donors (Lipinski definition) is 2. The minimum absolute atomic E-state index is 0.230. The largest absolute Gasteiger partial charge is 0.423 e. The standard InChI is InChI=1S/C23H17ClIN3O4/c24-17-9-7-16(8-10-17)22(30)26-14-21(29)28-27-13-15-5-11-18(12-6-15)32-23(31)19-3-1-2-4-20(19)25/h1-13H,14H2,(H,26,30)(H,28,29). The summed E-state index contributed by atoms with van der Waals surface area (Å²) in [6, 6.07) is 20.1. The van der Waals surface area contributed by atoms with E-state index >= 15 is 0 Å². The van der Waals surface area contributed by atoms with E-state index < -0.39 is 17.8 Å². The van der Waals surface area contributed by atoms with Crippen molar-refractivity contribution in [1.82, 2.24) is 10.7 Å². The highest BCUT2D eigenvalue weighted by atomic mass is 127. The van der Waals surface area contributed by atoms with Crippen molar-refractivity contribution < 1.29 is 19.1 Å². The Kier molecular flexibility index (Phi) is 8.34. The topological polar surface area (TPSA) is 96.9 Å². The summed E-state index contributed by atoms with van der Waals surface area (Å²) < 4.78 is 6.18. The van der Waals surface area contributed by atoms with Crippen LogP contribution in [0.25, 0.3) is 0 Å². The summed E-state index contributed by atoms with van der Waals surface area (Å²) in [5.74, 6) is -0.923. The van der Waals surface area contributed by atoms with Gasteiger partial charge < -0.3 is 10.1 Å². The first-order valence-corrected chi connectivity index (χ1v) is 10.8. The van der Waals surface area contributed by atoms with Crippen molar-refractivity contribution in [2.75, 3.05) is 6.54 Å². The highest BCUT2D eigenvalue weighted by molar-refractivity contribution is 14.1. The minimum Gasteiger partial charge on any atom is -0.423 e. The second-order valence-electron chi connectivity index (χ2n) is 6.42. The lowest BCUT2D eigenvalue weighted by molar-refractivity contribution is -0.120. The lowest BCUT2D eigenvalue weighted by atomic mass is 10.2. The molecule has 0 radical (unpaired) electrons. The molecule has 3 aromatic carbocycles. The Morgan fingerprint density at radius 1 is 0.969 bits per heavy atom. The maximum atomic E-state index is 12.2. The summed E-state index contributed by atoms with van der Waals surface area (Å²) in [6.45, 7) is -0.230. The number of carbonyl (C=O) groups is 3. The summed E-state index contributed by atoms with van der Waals surface area (Å²) in [6.07, 6.45) is 1.44. The lowest BCUT2D eigenvalue weighted by Gasteiger charge is -2.06. The summed E-state index contributed by atoms with van der Waals surface area (Å²) >= 11 is 7.86. The van der Waals surface area contributed by atoms with E-state index in [4.69, 9.17) is 16.3 Å². The number of hydrazone groups is 1. The van der Waals surface area contributed by atoms with Crippen LogP contribution in [0.3, 0.4) is 0 Å². The number of ether oxygens (including phenoxy) is 1. The Morgan fingerprint density at radius 2 is 1.66 bits per heavy atom. The van der Waals surface area contributed by atoms with E-state index in [1.165, 1.54) is 6.21 Å². The molecule has 0 spiro atoms. The molecule has 9 heteroatoms. The molecule has 2 N–H and O–H groups in total. The molecule has 0 bridgehead atoms. The molecule has 0 heterocycles. The van der Waals surface area contributed by atoms with Gasteiger partial charge in [-0.2, -0.15) is 5.10 Å². The van der Waals surface area contributed by atoms with Crippen LogP contribution in [0, 0.1) is 3.57 Å². The van der Waals surface area contributed by atoms with Crippen molar-refractivity contribution in [3.05, 3.63) is 98.1 Å². The number of benzene rings is 3. The molecule has 162 valence electrons. The fraction of sp³-hybridized carbons (Fsp3) is 0.0435. The average Bonchev–Trinajstić information content (AvgIpc) is 2.79. The number of rotatable bonds is 7. The molecular weight excluding hydrogens is 545 g/mol. The van der Waals surface area contributed by atoms with Crippen molar-refractivity contribution in [2.24, 2.45) is 5.10 Å². The molecule has 0 atom stereocenters. The molecule has 7 nitrogen and oxygen atoms in total. The number of amides is 2. The van der Waals surface area contributed by atoms with Gasteiger partial charge in [-0.05, 0) is 88.8 Å². The zero-order valence-electron chi connectivity index (χ0n) is 16.5. The first-order valence-electron chi connectivity index (χ1n) is 9.35. The number of hydrogen-bond acceptors (Lipinski definition) is 5. The van der Waals surface area contributed by atoms with Gasteiger partial charge >= 0.3 is 5.97 Å². The van der Waals surface area contributed by atoms with E-state index in [1.54, 1.807) is 60.7 Å². The normalized spacial score (nSPS) is 10.6. The maximum absolute atomic E-state index is 12.2. The van der Waals surface area contributed by atoms with Crippen molar-refractivity contribution in [1.29, 1.82) is 0 Å². The summed E-state index contributed by atoms with van der Waals surface area (Å²) in [7, 11) is 0. The molecule has 32 heavy (non-hydrogen) atoms. The van der Waals surface area contributed by atoms with Gasteiger partial charge in [0.15, 0.2) is 0 Å². The lowest BCUT2D eigenvalue weighted by Crippen LogP contribution is -2.34. The van der Waals surface area contributed by atoms with Crippen molar-refractivity contribution in [2.45, 2.75) is 0 Å². The van der Waals surface area contributed by atoms with Crippen LogP contribution >= 0.6 is 34.2 Å². The Balaban J connectivity index is 1.45. The molecule has 0 aromatic heterocycles. The predicted molar refractivity (Wildman–Crippen MR) is 130 cm³/mol. The summed E-state index contributed by atoms with van der Waals surface area (Å²) in [5, 5.41) is 6.86. The highest BCUT2D eigenvalue weighted by Gasteiger charge is 2.11. The third-order valence-corrected chi connectivity index (χ3v) is 5.30. The van der Waals surface area contributed by atoms with Crippen LogP contribution in [0.1, 0.15) is 26.3 Å². The van der Waals surface area contributed by atoms with Crippen molar-refractivity contribution in [3.63, 3.8) is 0 Å². The third kappa shape index (κ3) is 6.89. The van der Waals surface area contributed by atoms with Crippen LogP contribution in [0.2, 0.25) is 5.02 Å². The number of halogens is 2. The van der Waals surface area contributed by atoms with Gasteiger partial charge in [0.2, 0.25) is 0 Å². The Bertz CT molecular complexity index is 1150. The molecule has 0 aliphatic rings. The molecule has 0 saturated heterocycles. The Morgan fingerprint density at radius 3 is 2.34 bits per heavy atom. The fourth-order valence-corrected chi connectivity index (χ4v) is 3.23. The van der Waals surface area contributed by atoms with E-state index in [1.807, 2.05) is 12.1 Å². The van der Waals surface area contributed by atoms with Gasteiger partial charge in [-0.3, -0.25) is 9.59 Å². The van der Waals surface area contributed by atoms with Gasteiger partial charge in [-0.15, -0.1) is 0 Å². The molecule has 2 amide bonds. The molecular formula is C23H17ClIN3O4. The molecule has 0 unspecified atom stereocenters. The van der Waals surface area contributed by atoms with Gasteiger partial charge in [0, 0.05) is 14.2 Å². The van der Waals surface area contributed by atoms with Crippen LogP contribution in [0.15, 0.2) is 77.9 Å². The number of nitrogens with one attached hydrogen (secondary N) is 2. The van der Waals surface area contributed by atoms with Gasteiger partial charge in [-0.25, -0.2) is 10.2 Å². The Labute approximate surface area is 202 Å². The van der Waals surface area contributed by atoms with Crippen molar-refractivity contribution >= 4 is 58.2 Å². The van der Waals surface area contributed by atoms with Crippen molar-refractivity contribution in [3.8, 4) is 5.75 Å². The first-order chi connectivity index (χ1) is 15.4. The van der Waals surface area contributed by atoms with Crippen LogP contribution in [0.5, 0.6) is 5.75 Å². The van der Waals surface area contributed by atoms with Crippen LogP contribution in [-0.4, -0.2) is 30.5 Å². The van der Waals surface area contributed by atoms with Crippen LogP contribution < -0.4 is 15.5 Å². The summed E-state index contributed by atoms with van der Waals surface area (Å²) in [5.41, 5.74) is 3.90. The molecule has 0 aliphatic carbocycles. The summed E-state index contributed by atoms with van der Waals surface area (Å²) in [4.78, 5) is 36.1. The van der Waals surface area contributed by atoms with E-state index in [0.29, 0.717) is 27.5 Å². The number of esters is 1. The molecule has 0 saturated carbocycles. The smallest absolute Gasteiger partial charge is 0.344 e. The third-order valence-electron chi connectivity index (χ3n) is 4.10. The van der Waals surface area contributed by atoms with E-state index in [9.17, 15) is 14.4 Å². The van der Waals surface area contributed by atoms with Crippen LogP contribution in [-0.2, 0) is 4.79 Å². The van der Waals surface area contributed by atoms with Crippen LogP contribution in [0.4, 0.5) is 0 Å². The van der Waals surface area contributed by atoms with E-state index in [0.717, 1.165) is 3.57 Å². The predicted octanol–water partition coefficient (Wildman–Crippen LogP) is 4.04. The average molecular weight is 562 g/mol. The monoisotopic (exact) mass is 561 g/mol. The minimum atomic E-state index is -0.480. The second-order valence-corrected chi connectivity index (χ2v) is 8.02. The van der Waals surface area contributed by atoms with E-state index in [2.05, 4.69) is 38.4 Å². The van der Waals surface area contributed by atoms with Gasteiger partial charge in [0.1, 0.15) is 5.75 Å².